The zero-order valence-electron chi connectivity index (χ0n) is 19.3. The Morgan fingerprint density at radius 2 is 1.64 bits per heavy atom. The molecule has 0 fully saturated rings. The van der Waals surface area contributed by atoms with Gasteiger partial charge in [-0.1, -0.05) is 84.5 Å². The Kier molecular flexibility index (Phi) is 9.04. The van der Waals surface area contributed by atoms with E-state index in [0.29, 0.717) is 0 Å². The highest BCUT2D eigenvalue weighted by atomic mass is 14.9. The van der Waals surface area contributed by atoms with Crippen LogP contribution < -0.4 is 11.1 Å². The molecule has 3 nitrogen and oxygen atoms in total. The molecule has 3 aromatic carbocycles. The van der Waals surface area contributed by atoms with Crippen molar-refractivity contribution in [1.29, 1.82) is 0 Å². The van der Waals surface area contributed by atoms with E-state index in [1.807, 2.05) is 91.9 Å². The van der Waals surface area contributed by atoms with Gasteiger partial charge in [-0.2, -0.15) is 0 Å². The van der Waals surface area contributed by atoms with E-state index >= 15 is 0 Å². The first kappa shape index (κ1) is 23.6. The van der Waals surface area contributed by atoms with Gasteiger partial charge >= 0.3 is 0 Å². The van der Waals surface area contributed by atoms with Crippen LogP contribution in [0.5, 0.6) is 0 Å². The Balaban J connectivity index is 1.85. The molecule has 0 heterocycles. The molecule has 33 heavy (non-hydrogen) atoms. The van der Waals surface area contributed by atoms with Gasteiger partial charge in [0, 0.05) is 17.6 Å². The van der Waals surface area contributed by atoms with Gasteiger partial charge in [-0.3, -0.25) is 4.99 Å². The zero-order chi connectivity index (χ0) is 23.3. The molecule has 0 aliphatic heterocycles. The Bertz CT molecular complexity index is 1170. The molecule has 0 unspecified atom stereocenters. The second-order valence-electron chi connectivity index (χ2n) is 7.65. The van der Waals surface area contributed by atoms with Crippen LogP contribution in [0.1, 0.15) is 25.0 Å². The van der Waals surface area contributed by atoms with Gasteiger partial charge in [0.15, 0.2) is 0 Å². The summed E-state index contributed by atoms with van der Waals surface area (Å²) in [5.41, 5.74) is 13.3. The Morgan fingerprint density at radius 3 is 2.36 bits per heavy atom. The first-order chi connectivity index (χ1) is 16.2. The van der Waals surface area contributed by atoms with E-state index in [9.17, 15) is 0 Å². The average molecular weight is 434 g/mol. The van der Waals surface area contributed by atoms with Crippen molar-refractivity contribution in [3.05, 3.63) is 132 Å². The molecule has 0 aliphatic carbocycles. The second kappa shape index (κ2) is 12.7. The van der Waals surface area contributed by atoms with Gasteiger partial charge in [-0.05, 0) is 67.8 Å². The molecule has 0 amide bonds. The summed E-state index contributed by atoms with van der Waals surface area (Å²) in [6.07, 6.45) is 14.7. The number of aliphatic imine (C=N–C) groups is 1. The quantitative estimate of drug-likeness (QED) is 0.268. The van der Waals surface area contributed by atoms with Gasteiger partial charge in [0.2, 0.25) is 0 Å². The monoisotopic (exact) mass is 433 g/mol. The highest BCUT2D eigenvalue weighted by molar-refractivity contribution is 5.83. The third-order valence-corrected chi connectivity index (χ3v) is 4.98. The van der Waals surface area contributed by atoms with Crippen LogP contribution in [0.4, 0.5) is 17.1 Å². The van der Waals surface area contributed by atoms with Crippen LogP contribution in [0.3, 0.4) is 0 Å². The number of hydrogen-bond acceptors (Lipinski definition) is 3. The van der Waals surface area contributed by atoms with Gasteiger partial charge in [0.25, 0.3) is 0 Å². The van der Waals surface area contributed by atoms with Gasteiger partial charge < -0.3 is 11.1 Å². The lowest BCUT2D eigenvalue weighted by atomic mass is 10.1. The van der Waals surface area contributed by atoms with Crippen LogP contribution in [0.25, 0.3) is 5.70 Å². The summed E-state index contributed by atoms with van der Waals surface area (Å²) in [4.78, 5) is 4.62. The zero-order valence-corrected chi connectivity index (χ0v) is 19.3. The Labute approximate surface area is 197 Å². The van der Waals surface area contributed by atoms with Crippen LogP contribution in [-0.2, 0) is 6.42 Å². The molecule has 3 rings (SSSR count). The standard InChI is InChI=1S/C30H31N3/c1-3-4-5-12-21-32-29-20-19-26(23-30(29)33-27-15-10-7-11-16-27)28(31)22-24(2)17-18-25-13-8-6-9-14-25/h3-17,19-23,33H,18,31H2,1-2H3/b4-3-,12-5-,24-17-,28-22-,32-21?. The summed E-state index contributed by atoms with van der Waals surface area (Å²) in [5.74, 6) is 0. The number of anilines is 2. The lowest BCUT2D eigenvalue weighted by molar-refractivity contribution is 1.24. The highest BCUT2D eigenvalue weighted by Crippen LogP contribution is 2.31. The first-order valence-electron chi connectivity index (χ1n) is 11.1. The van der Waals surface area contributed by atoms with Crippen molar-refractivity contribution in [2.75, 3.05) is 5.32 Å². The summed E-state index contributed by atoms with van der Waals surface area (Å²) < 4.78 is 0. The van der Waals surface area contributed by atoms with Crippen molar-refractivity contribution in [2.45, 2.75) is 20.3 Å². The molecular formula is C30H31N3. The van der Waals surface area contributed by atoms with E-state index in [2.05, 4.69) is 47.6 Å². The highest BCUT2D eigenvalue weighted by Gasteiger charge is 2.06. The van der Waals surface area contributed by atoms with Crippen molar-refractivity contribution in [2.24, 2.45) is 10.7 Å². The summed E-state index contributed by atoms with van der Waals surface area (Å²) in [5, 5.41) is 3.47. The molecule has 0 bridgehead atoms. The molecular weight excluding hydrogens is 402 g/mol. The molecule has 0 radical (unpaired) electrons. The minimum Gasteiger partial charge on any atom is -0.398 e. The van der Waals surface area contributed by atoms with Crippen molar-refractivity contribution in [1.82, 2.24) is 0 Å². The molecule has 3 heteroatoms. The molecule has 0 atom stereocenters. The molecule has 3 aromatic rings. The molecule has 0 spiro atoms. The maximum absolute atomic E-state index is 6.47. The summed E-state index contributed by atoms with van der Waals surface area (Å²) in [6, 6.07) is 26.5. The van der Waals surface area contributed by atoms with Crippen LogP contribution in [0.15, 0.2) is 126 Å². The van der Waals surface area contributed by atoms with E-state index in [-0.39, 0.29) is 0 Å². The maximum atomic E-state index is 6.47. The second-order valence-corrected chi connectivity index (χ2v) is 7.65. The van der Waals surface area contributed by atoms with Gasteiger partial charge in [0.05, 0.1) is 11.4 Å². The summed E-state index contributed by atoms with van der Waals surface area (Å²) in [6.45, 7) is 4.06. The number of nitrogens with two attached hydrogens (primary N) is 1. The Morgan fingerprint density at radius 1 is 0.909 bits per heavy atom. The number of para-hydroxylation sites is 1. The number of rotatable bonds is 9. The van der Waals surface area contributed by atoms with E-state index in [0.717, 1.165) is 40.3 Å². The summed E-state index contributed by atoms with van der Waals surface area (Å²) in [7, 11) is 0. The van der Waals surface area contributed by atoms with Gasteiger partial charge in [0.1, 0.15) is 0 Å². The number of nitrogens with one attached hydrogen (secondary N) is 1. The molecule has 0 aromatic heterocycles. The fourth-order valence-electron chi connectivity index (χ4n) is 3.23. The molecule has 0 saturated carbocycles. The van der Waals surface area contributed by atoms with Crippen molar-refractivity contribution >= 4 is 29.0 Å². The smallest absolute Gasteiger partial charge is 0.0864 e. The Hall–Kier alpha value is -4.11. The number of benzene rings is 3. The molecule has 0 saturated heterocycles. The SMILES string of the molecule is C/C=C\C=C/C=Nc1ccc(/C(N)=C/C(C)=C\Cc2ccccc2)cc1Nc1ccccc1. The van der Waals surface area contributed by atoms with E-state index < -0.39 is 0 Å². The van der Waals surface area contributed by atoms with Crippen LogP contribution >= 0.6 is 0 Å². The predicted molar refractivity (Wildman–Crippen MR) is 144 cm³/mol. The molecule has 3 N–H and O–H groups in total. The van der Waals surface area contributed by atoms with Gasteiger partial charge in [-0.15, -0.1) is 0 Å². The third-order valence-electron chi connectivity index (χ3n) is 4.98. The average Bonchev–Trinajstić information content (AvgIpc) is 2.84. The normalized spacial score (nSPS) is 12.8. The van der Waals surface area contributed by atoms with Crippen LogP contribution in [0, 0.1) is 0 Å². The molecule has 0 aliphatic rings. The van der Waals surface area contributed by atoms with Crippen LogP contribution in [0.2, 0.25) is 0 Å². The largest absolute Gasteiger partial charge is 0.398 e. The lowest BCUT2D eigenvalue weighted by Gasteiger charge is -2.12. The predicted octanol–water partition coefficient (Wildman–Crippen LogP) is 7.75. The fraction of sp³-hybridized carbons (Fsp3) is 0.100. The van der Waals surface area contributed by atoms with E-state index in [4.69, 9.17) is 5.73 Å². The topological polar surface area (TPSA) is 50.4 Å². The number of hydrogen-bond donors (Lipinski definition) is 2. The number of allylic oxidation sites excluding steroid dienone is 7. The van der Waals surface area contributed by atoms with E-state index in [1.54, 1.807) is 6.21 Å². The third kappa shape index (κ3) is 7.82. The van der Waals surface area contributed by atoms with Crippen molar-refractivity contribution in [3.8, 4) is 0 Å². The lowest BCUT2D eigenvalue weighted by Crippen LogP contribution is -1.99. The van der Waals surface area contributed by atoms with Crippen molar-refractivity contribution < 1.29 is 0 Å². The number of nitrogens with zero attached hydrogens (tertiary/aromatic N) is 1. The minimum absolute atomic E-state index is 0.719. The fourth-order valence-corrected chi connectivity index (χ4v) is 3.23. The summed E-state index contributed by atoms with van der Waals surface area (Å²) >= 11 is 0. The minimum atomic E-state index is 0.719. The van der Waals surface area contributed by atoms with E-state index in [1.165, 1.54) is 5.56 Å². The van der Waals surface area contributed by atoms with Crippen LogP contribution in [-0.4, -0.2) is 6.21 Å². The van der Waals surface area contributed by atoms with Crippen molar-refractivity contribution in [3.63, 3.8) is 0 Å². The maximum Gasteiger partial charge on any atom is 0.0864 e. The van der Waals surface area contributed by atoms with Gasteiger partial charge in [-0.25, -0.2) is 0 Å². The first-order valence-corrected chi connectivity index (χ1v) is 11.1. The molecule has 166 valence electrons.